The van der Waals surface area contributed by atoms with E-state index in [1.807, 2.05) is 43.3 Å². The van der Waals surface area contributed by atoms with Gasteiger partial charge in [-0.25, -0.2) is 4.98 Å². The smallest absolute Gasteiger partial charge is 0.258 e. The predicted octanol–water partition coefficient (Wildman–Crippen LogP) is 3.97. The molecule has 3 rings (SSSR count). The molecule has 4 nitrogen and oxygen atoms in total. The first-order valence-electron chi connectivity index (χ1n) is 8.36. The highest BCUT2D eigenvalue weighted by molar-refractivity contribution is 5.77. The number of benzene rings is 2. The summed E-state index contributed by atoms with van der Waals surface area (Å²) in [5, 5.41) is 4.23. The molecule has 4 heteroatoms. The van der Waals surface area contributed by atoms with Crippen molar-refractivity contribution < 1.29 is 0 Å². The molecule has 3 aromatic rings. The summed E-state index contributed by atoms with van der Waals surface area (Å²) in [5.41, 5.74) is 1.87. The maximum atomic E-state index is 12.3. The summed E-state index contributed by atoms with van der Waals surface area (Å²) in [7, 11) is 0. The summed E-state index contributed by atoms with van der Waals surface area (Å²) in [6, 6.07) is 17.9. The fourth-order valence-electron chi connectivity index (χ4n) is 2.99. The lowest BCUT2D eigenvalue weighted by Crippen LogP contribution is -2.30. The van der Waals surface area contributed by atoms with Crippen LogP contribution in [0.5, 0.6) is 0 Å². The van der Waals surface area contributed by atoms with Crippen LogP contribution < -0.4 is 10.9 Å². The molecule has 0 bridgehead atoms. The van der Waals surface area contributed by atoms with Gasteiger partial charge in [-0.2, -0.15) is 0 Å². The van der Waals surface area contributed by atoms with Gasteiger partial charge in [-0.1, -0.05) is 56.3 Å². The average molecular weight is 321 g/mol. The van der Waals surface area contributed by atoms with Crippen LogP contribution in [-0.4, -0.2) is 9.97 Å². The summed E-state index contributed by atoms with van der Waals surface area (Å²) < 4.78 is 0. The Morgan fingerprint density at radius 1 is 0.958 bits per heavy atom. The zero-order chi connectivity index (χ0) is 17.1. The minimum Gasteiger partial charge on any atom is -0.309 e. The first kappa shape index (κ1) is 16.4. The van der Waals surface area contributed by atoms with Gasteiger partial charge in [-0.05, 0) is 30.5 Å². The molecule has 0 radical (unpaired) electrons. The van der Waals surface area contributed by atoms with Gasteiger partial charge in [0, 0.05) is 6.04 Å². The molecule has 0 aliphatic heterocycles. The van der Waals surface area contributed by atoms with Crippen LogP contribution >= 0.6 is 0 Å². The van der Waals surface area contributed by atoms with Crippen LogP contribution in [0.1, 0.15) is 44.2 Å². The lowest BCUT2D eigenvalue weighted by atomic mass is 9.95. The normalized spacial score (nSPS) is 14.0. The fraction of sp³-hybridized carbons (Fsp3) is 0.300. The lowest BCUT2D eigenvalue weighted by molar-refractivity contribution is 0.367. The highest BCUT2D eigenvalue weighted by Gasteiger charge is 2.20. The molecule has 0 aliphatic carbocycles. The summed E-state index contributed by atoms with van der Waals surface area (Å²) in [6.45, 7) is 6.41. The van der Waals surface area contributed by atoms with Crippen LogP contribution in [-0.2, 0) is 0 Å². The molecule has 0 amide bonds. The van der Waals surface area contributed by atoms with Gasteiger partial charge in [0.05, 0.1) is 16.9 Å². The first-order valence-corrected chi connectivity index (χ1v) is 8.36. The highest BCUT2D eigenvalue weighted by atomic mass is 16.1. The average Bonchev–Trinajstić information content (AvgIpc) is 2.60. The van der Waals surface area contributed by atoms with Crippen LogP contribution in [0.15, 0.2) is 59.4 Å². The molecule has 2 atom stereocenters. The Balaban J connectivity index is 1.91. The molecule has 1 heterocycles. The number of aromatic amines is 1. The number of aromatic nitrogens is 2. The molecule has 0 saturated heterocycles. The summed E-state index contributed by atoms with van der Waals surface area (Å²) >= 11 is 0. The Labute approximate surface area is 142 Å². The second-order valence-electron chi connectivity index (χ2n) is 6.49. The Bertz CT molecular complexity index is 871. The third kappa shape index (κ3) is 3.39. The number of nitrogens with one attached hydrogen (secondary N) is 2. The molecule has 0 fully saturated rings. The second kappa shape index (κ2) is 6.97. The van der Waals surface area contributed by atoms with Crippen molar-refractivity contribution in [2.24, 2.45) is 5.92 Å². The molecule has 2 N–H and O–H groups in total. The third-order valence-corrected chi connectivity index (χ3v) is 4.30. The Morgan fingerprint density at radius 2 is 1.62 bits per heavy atom. The van der Waals surface area contributed by atoms with E-state index in [0.717, 1.165) is 5.52 Å². The van der Waals surface area contributed by atoms with E-state index in [0.29, 0.717) is 17.1 Å². The number of hydrogen-bond acceptors (Lipinski definition) is 3. The van der Waals surface area contributed by atoms with Gasteiger partial charge in [0.1, 0.15) is 5.82 Å². The van der Waals surface area contributed by atoms with E-state index in [2.05, 4.69) is 41.3 Å². The minimum atomic E-state index is -0.0925. The number of nitrogens with zero attached hydrogens (tertiary/aromatic N) is 1. The quantitative estimate of drug-likeness (QED) is 0.747. The highest BCUT2D eigenvalue weighted by Crippen LogP contribution is 2.24. The number of para-hydroxylation sites is 1. The lowest BCUT2D eigenvalue weighted by Gasteiger charge is -2.26. The van der Waals surface area contributed by atoms with Crippen molar-refractivity contribution in [3.05, 3.63) is 76.3 Å². The van der Waals surface area contributed by atoms with Gasteiger partial charge in [0.25, 0.3) is 5.56 Å². The van der Waals surface area contributed by atoms with E-state index in [1.165, 1.54) is 5.56 Å². The van der Waals surface area contributed by atoms with Gasteiger partial charge >= 0.3 is 0 Å². The van der Waals surface area contributed by atoms with E-state index in [-0.39, 0.29) is 17.6 Å². The van der Waals surface area contributed by atoms with Gasteiger partial charge in [0.15, 0.2) is 0 Å². The van der Waals surface area contributed by atoms with Crippen molar-refractivity contribution in [2.75, 3.05) is 0 Å². The topological polar surface area (TPSA) is 57.8 Å². The SMILES string of the molecule is CC(C)[C@H](N[C@@H](C)c1nc2ccccc2c(=O)[nH]1)c1ccccc1. The van der Waals surface area contributed by atoms with Gasteiger partial charge in [-0.15, -0.1) is 0 Å². The molecule has 0 aliphatic rings. The van der Waals surface area contributed by atoms with Crippen molar-refractivity contribution in [1.29, 1.82) is 0 Å². The van der Waals surface area contributed by atoms with Crippen LogP contribution in [0.3, 0.4) is 0 Å². The van der Waals surface area contributed by atoms with Crippen LogP contribution in [0.2, 0.25) is 0 Å². The molecule has 24 heavy (non-hydrogen) atoms. The first-order chi connectivity index (χ1) is 11.6. The molecule has 0 spiro atoms. The van der Waals surface area contributed by atoms with Crippen molar-refractivity contribution in [3.63, 3.8) is 0 Å². The molecule has 0 unspecified atom stereocenters. The molecule has 2 aromatic carbocycles. The number of rotatable bonds is 5. The second-order valence-corrected chi connectivity index (χ2v) is 6.49. The third-order valence-electron chi connectivity index (χ3n) is 4.30. The standard InChI is InChI=1S/C20H23N3O/c1-13(2)18(15-9-5-4-6-10-15)21-14(3)19-22-17-12-8-7-11-16(17)20(24)23-19/h4-14,18,21H,1-3H3,(H,22,23,24)/t14-,18-/m0/s1. The van der Waals surface area contributed by atoms with Crippen molar-refractivity contribution in [1.82, 2.24) is 15.3 Å². The Morgan fingerprint density at radius 3 is 2.33 bits per heavy atom. The summed E-state index contributed by atoms with van der Waals surface area (Å²) in [6.07, 6.45) is 0. The predicted molar refractivity (Wildman–Crippen MR) is 97.9 cm³/mol. The van der Waals surface area contributed by atoms with Crippen LogP contribution in [0.4, 0.5) is 0 Å². The minimum absolute atomic E-state index is 0.0603. The fourth-order valence-corrected chi connectivity index (χ4v) is 2.99. The van der Waals surface area contributed by atoms with E-state index in [1.54, 1.807) is 6.07 Å². The van der Waals surface area contributed by atoms with Crippen LogP contribution in [0, 0.1) is 5.92 Å². The van der Waals surface area contributed by atoms with Crippen molar-refractivity contribution >= 4 is 10.9 Å². The van der Waals surface area contributed by atoms with E-state index < -0.39 is 0 Å². The van der Waals surface area contributed by atoms with Crippen molar-refractivity contribution in [2.45, 2.75) is 32.9 Å². The Kier molecular flexibility index (Phi) is 4.76. The number of hydrogen-bond donors (Lipinski definition) is 2. The molecular weight excluding hydrogens is 298 g/mol. The number of fused-ring (bicyclic) bond motifs is 1. The van der Waals surface area contributed by atoms with Crippen molar-refractivity contribution in [3.8, 4) is 0 Å². The molecule has 124 valence electrons. The molecular formula is C20H23N3O. The largest absolute Gasteiger partial charge is 0.309 e. The van der Waals surface area contributed by atoms with E-state index in [9.17, 15) is 4.79 Å². The Hall–Kier alpha value is -2.46. The van der Waals surface area contributed by atoms with Gasteiger partial charge < -0.3 is 10.3 Å². The summed E-state index contributed by atoms with van der Waals surface area (Å²) in [5.74, 6) is 1.09. The maximum Gasteiger partial charge on any atom is 0.258 e. The zero-order valence-electron chi connectivity index (χ0n) is 14.3. The molecule has 1 aromatic heterocycles. The number of H-pyrrole nitrogens is 1. The van der Waals surface area contributed by atoms with E-state index in [4.69, 9.17) is 0 Å². The monoisotopic (exact) mass is 321 g/mol. The van der Waals surface area contributed by atoms with Crippen LogP contribution in [0.25, 0.3) is 10.9 Å². The summed E-state index contributed by atoms with van der Waals surface area (Å²) in [4.78, 5) is 19.8. The van der Waals surface area contributed by atoms with Gasteiger partial charge in [-0.3, -0.25) is 4.79 Å². The maximum absolute atomic E-state index is 12.3. The molecule has 0 saturated carbocycles. The van der Waals surface area contributed by atoms with E-state index >= 15 is 0 Å². The van der Waals surface area contributed by atoms with Gasteiger partial charge in [0.2, 0.25) is 0 Å². The zero-order valence-corrected chi connectivity index (χ0v) is 14.3.